The summed E-state index contributed by atoms with van der Waals surface area (Å²) in [6, 6.07) is 5.81. The first-order chi connectivity index (χ1) is 8.56. The minimum atomic E-state index is -1.34. The molecule has 0 aromatic carbocycles. The van der Waals surface area contributed by atoms with E-state index in [1.165, 1.54) is 0 Å². The highest BCUT2D eigenvalue weighted by molar-refractivity contribution is 5.36. The molecule has 18 heavy (non-hydrogen) atoms. The maximum absolute atomic E-state index is 13.3. The van der Waals surface area contributed by atoms with Crippen LogP contribution in [0.25, 0.3) is 0 Å². The summed E-state index contributed by atoms with van der Waals surface area (Å²) in [4.78, 5) is 7.33. The van der Waals surface area contributed by atoms with Crippen LogP contribution in [0, 0.1) is 24.5 Å². The van der Waals surface area contributed by atoms with Crippen LogP contribution >= 0.6 is 0 Å². The van der Waals surface area contributed by atoms with Gasteiger partial charge in [-0.1, -0.05) is 6.07 Å². The van der Waals surface area contributed by atoms with Gasteiger partial charge in [-0.25, -0.2) is 8.78 Å². The second-order valence-electron chi connectivity index (χ2n) is 3.72. The van der Waals surface area contributed by atoms with Crippen LogP contribution in [0.5, 0.6) is 0 Å². The maximum Gasteiger partial charge on any atom is 0.251 e. The smallest absolute Gasteiger partial charge is 0.251 e. The largest absolute Gasteiger partial charge is 0.362 e. The van der Waals surface area contributed by atoms with Crippen molar-refractivity contribution >= 4 is 5.82 Å². The lowest BCUT2D eigenvalue weighted by molar-refractivity contribution is 0.466. The first-order valence-corrected chi connectivity index (χ1v) is 5.24. The van der Waals surface area contributed by atoms with Gasteiger partial charge in [-0.2, -0.15) is 9.37 Å². The van der Waals surface area contributed by atoms with Crippen molar-refractivity contribution in [3.05, 3.63) is 53.2 Å². The highest BCUT2D eigenvalue weighted by Gasteiger charge is 2.11. The molecule has 0 aliphatic heterocycles. The van der Waals surface area contributed by atoms with E-state index in [9.17, 15) is 13.2 Å². The van der Waals surface area contributed by atoms with Gasteiger partial charge in [0.15, 0.2) is 17.5 Å². The molecule has 0 bridgehead atoms. The van der Waals surface area contributed by atoms with Crippen molar-refractivity contribution in [3.8, 4) is 0 Å². The minimum Gasteiger partial charge on any atom is -0.362 e. The van der Waals surface area contributed by atoms with Crippen molar-refractivity contribution in [3.63, 3.8) is 0 Å². The number of hydrogen-bond acceptors (Lipinski definition) is 3. The molecule has 0 fully saturated rings. The molecule has 0 spiro atoms. The first-order valence-electron chi connectivity index (χ1n) is 5.24. The molecule has 2 rings (SSSR count). The minimum absolute atomic E-state index is 0.177. The quantitative estimate of drug-likeness (QED) is 0.855. The molecule has 0 saturated heterocycles. The monoisotopic (exact) mass is 253 g/mol. The summed E-state index contributed by atoms with van der Waals surface area (Å²) in [5.41, 5.74) is 1.47. The lowest BCUT2D eigenvalue weighted by Gasteiger charge is -2.07. The van der Waals surface area contributed by atoms with Gasteiger partial charge in [0.1, 0.15) is 0 Å². The van der Waals surface area contributed by atoms with Gasteiger partial charge in [-0.3, -0.25) is 4.98 Å². The fourth-order valence-electron chi connectivity index (χ4n) is 1.44. The van der Waals surface area contributed by atoms with Gasteiger partial charge in [-0.05, 0) is 19.1 Å². The van der Waals surface area contributed by atoms with E-state index in [0.29, 0.717) is 11.8 Å². The molecule has 0 unspecified atom stereocenters. The lowest BCUT2D eigenvalue weighted by Crippen LogP contribution is -2.07. The van der Waals surface area contributed by atoms with Gasteiger partial charge < -0.3 is 5.32 Å². The highest BCUT2D eigenvalue weighted by atomic mass is 19.2. The normalized spacial score (nSPS) is 10.4. The van der Waals surface area contributed by atoms with E-state index in [2.05, 4.69) is 15.3 Å². The number of nitrogens with zero attached hydrogens (tertiary/aromatic N) is 2. The summed E-state index contributed by atoms with van der Waals surface area (Å²) in [5, 5.41) is 2.57. The second-order valence-corrected chi connectivity index (χ2v) is 3.72. The number of anilines is 1. The molecule has 2 aromatic rings. The Kier molecular flexibility index (Phi) is 3.45. The molecule has 94 valence electrons. The van der Waals surface area contributed by atoms with Crippen LogP contribution in [-0.4, -0.2) is 9.97 Å². The van der Waals surface area contributed by atoms with Crippen LogP contribution < -0.4 is 5.32 Å². The zero-order chi connectivity index (χ0) is 13.1. The molecular weight excluding hydrogens is 243 g/mol. The van der Waals surface area contributed by atoms with E-state index >= 15 is 0 Å². The third kappa shape index (κ3) is 2.77. The van der Waals surface area contributed by atoms with Crippen molar-refractivity contribution in [1.82, 2.24) is 9.97 Å². The molecule has 0 radical (unpaired) electrons. The number of nitrogens with one attached hydrogen (secondary N) is 1. The Hall–Kier alpha value is -2.11. The molecular formula is C12H10F3N3. The van der Waals surface area contributed by atoms with Gasteiger partial charge in [0.05, 0.1) is 12.2 Å². The number of aryl methyl sites for hydroxylation is 1. The van der Waals surface area contributed by atoms with Gasteiger partial charge in [-0.15, -0.1) is 0 Å². The number of hydrogen-bond donors (Lipinski definition) is 1. The average Bonchev–Trinajstić information content (AvgIpc) is 2.32. The molecule has 1 N–H and O–H groups in total. The molecule has 3 nitrogen and oxygen atoms in total. The second kappa shape index (κ2) is 5.03. The van der Waals surface area contributed by atoms with Crippen molar-refractivity contribution in [1.29, 1.82) is 0 Å². The summed E-state index contributed by atoms with van der Waals surface area (Å²) in [6.07, 6.45) is 0. The molecule has 2 heterocycles. The van der Waals surface area contributed by atoms with Crippen molar-refractivity contribution in [2.45, 2.75) is 13.5 Å². The molecule has 0 atom stereocenters. The summed E-state index contributed by atoms with van der Waals surface area (Å²) in [5.74, 6) is -3.93. The maximum atomic E-state index is 13.3. The molecule has 0 aliphatic rings. The topological polar surface area (TPSA) is 37.8 Å². The Balaban J connectivity index is 2.13. The number of rotatable bonds is 3. The Morgan fingerprint density at radius 3 is 2.61 bits per heavy atom. The van der Waals surface area contributed by atoms with Crippen molar-refractivity contribution < 1.29 is 13.2 Å². The third-order valence-electron chi connectivity index (χ3n) is 2.27. The van der Waals surface area contributed by atoms with Gasteiger partial charge in [0.2, 0.25) is 0 Å². The Morgan fingerprint density at radius 2 is 1.89 bits per heavy atom. The van der Waals surface area contributed by atoms with E-state index in [-0.39, 0.29) is 12.4 Å². The summed E-state index contributed by atoms with van der Waals surface area (Å²) in [7, 11) is 0. The SMILES string of the molecule is Cc1cccc(CNc2nc(F)c(F)cc2F)n1. The highest BCUT2D eigenvalue weighted by Crippen LogP contribution is 2.14. The predicted octanol–water partition coefficient (Wildman–Crippen LogP) is 2.81. The van der Waals surface area contributed by atoms with Crippen molar-refractivity contribution in [2.75, 3.05) is 5.32 Å². The van der Waals surface area contributed by atoms with Crippen LogP contribution in [0.1, 0.15) is 11.4 Å². The average molecular weight is 253 g/mol. The van der Waals surface area contributed by atoms with E-state index in [1.807, 2.05) is 13.0 Å². The van der Waals surface area contributed by atoms with Gasteiger partial charge in [0.25, 0.3) is 5.95 Å². The number of halogens is 3. The van der Waals surface area contributed by atoms with E-state index in [1.54, 1.807) is 12.1 Å². The molecule has 0 amide bonds. The molecule has 0 saturated carbocycles. The predicted molar refractivity (Wildman–Crippen MR) is 60.4 cm³/mol. The van der Waals surface area contributed by atoms with Crippen LogP contribution in [0.15, 0.2) is 24.3 Å². The zero-order valence-electron chi connectivity index (χ0n) is 9.54. The van der Waals surface area contributed by atoms with E-state index < -0.39 is 17.6 Å². The van der Waals surface area contributed by atoms with Crippen LogP contribution in [0.2, 0.25) is 0 Å². The Bertz CT molecular complexity index is 572. The summed E-state index contributed by atoms with van der Waals surface area (Å²) < 4.78 is 38.8. The van der Waals surface area contributed by atoms with Crippen LogP contribution in [0.3, 0.4) is 0 Å². The standard InChI is InChI=1S/C12H10F3N3/c1-7-3-2-4-8(17-7)6-16-12-10(14)5-9(13)11(15)18-12/h2-5H,6H2,1H3,(H,16,18). The van der Waals surface area contributed by atoms with E-state index in [4.69, 9.17) is 0 Å². The first kappa shape index (κ1) is 12.3. The lowest BCUT2D eigenvalue weighted by atomic mass is 10.3. The number of aromatic nitrogens is 2. The Morgan fingerprint density at radius 1 is 1.11 bits per heavy atom. The fraction of sp³-hybridized carbons (Fsp3) is 0.167. The van der Waals surface area contributed by atoms with Crippen molar-refractivity contribution in [2.24, 2.45) is 0 Å². The molecule has 2 aromatic heterocycles. The van der Waals surface area contributed by atoms with Crippen LogP contribution in [-0.2, 0) is 6.54 Å². The van der Waals surface area contributed by atoms with Gasteiger partial charge in [0, 0.05) is 11.8 Å². The fourth-order valence-corrected chi connectivity index (χ4v) is 1.44. The van der Waals surface area contributed by atoms with Gasteiger partial charge >= 0.3 is 0 Å². The molecule has 6 heteroatoms. The summed E-state index contributed by atoms with van der Waals surface area (Å²) >= 11 is 0. The Labute approximate surface area is 102 Å². The number of pyridine rings is 2. The zero-order valence-corrected chi connectivity index (χ0v) is 9.54. The molecule has 0 aliphatic carbocycles. The van der Waals surface area contributed by atoms with Crippen LogP contribution in [0.4, 0.5) is 19.0 Å². The summed E-state index contributed by atoms with van der Waals surface area (Å²) in [6.45, 7) is 2.00. The third-order valence-corrected chi connectivity index (χ3v) is 2.27. The van der Waals surface area contributed by atoms with E-state index in [0.717, 1.165) is 5.69 Å².